The molecule has 3 aromatic rings. The van der Waals surface area contributed by atoms with Crippen molar-refractivity contribution in [3.63, 3.8) is 0 Å². The summed E-state index contributed by atoms with van der Waals surface area (Å²) in [6, 6.07) is 11.5. The Morgan fingerprint density at radius 3 is 2.56 bits per heavy atom. The minimum Gasteiger partial charge on any atom is -0.369 e. The molecule has 0 atom stereocenters. The molecule has 0 spiro atoms. The van der Waals surface area contributed by atoms with E-state index in [0.29, 0.717) is 16.5 Å². The number of hydrogen-bond donors (Lipinski definition) is 1. The van der Waals surface area contributed by atoms with Crippen LogP contribution in [0, 0.1) is 5.82 Å². The van der Waals surface area contributed by atoms with Gasteiger partial charge in [0.25, 0.3) is 0 Å². The zero-order chi connectivity index (χ0) is 12.7. The number of halogens is 2. The lowest BCUT2D eigenvalue weighted by Crippen LogP contribution is -2.00. The number of hydrogen-bond acceptors (Lipinski definition) is 2. The first kappa shape index (κ1) is 11.0. The number of benzene rings is 2. The summed E-state index contributed by atoms with van der Waals surface area (Å²) in [5.41, 5.74) is 8.08. The third-order valence-corrected chi connectivity index (χ3v) is 3.05. The SMILES string of the molecule is Nc1nc2c(Cl)cccc2n1-c1ccc(F)cc1. The summed E-state index contributed by atoms with van der Waals surface area (Å²) < 4.78 is 14.7. The maximum absolute atomic E-state index is 12.9. The summed E-state index contributed by atoms with van der Waals surface area (Å²) >= 11 is 6.06. The van der Waals surface area contributed by atoms with Gasteiger partial charge in [-0.15, -0.1) is 0 Å². The predicted molar refractivity (Wildman–Crippen MR) is 70.5 cm³/mol. The van der Waals surface area contributed by atoms with Gasteiger partial charge in [-0.3, -0.25) is 4.57 Å². The van der Waals surface area contributed by atoms with Gasteiger partial charge >= 0.3 is 0 Å². The molecule has 1 heterocycles. The summed E-state index contributed by atoms with van der Waals surface area (Å²) in [4.78, 5) is 4.23. The first-order valence-electron chi connectivity index (χ1n) is 5.35. The quantitative estimate of drug-likeness (QED) is 0.730. The predicted octanol–water partition coefficient (Wildman–Crippen LogP) is 3.40. The fourth-order valence-corrected chi connectivity index (χ4v) is 2.16. The monoisotopic (exact) mass is 261 g/mol. The number of imidazole rings is 1. The van der Waals surface area contributed by atoms with Gasteiger partial charge in [0.2, 0.25) is 5.95 Å². The van der Waals surface area contributed by atoms with Crippen molar-refractivity contribution in [1.29, 1.82) is 0 Å². The summed E-state index contributed by atoms with van der Waals surface area (Å²) in [7, 11) is 0. The van der Waals surface area contributed by atoms with Gasteiger partial charge in [0, 0.05) is 5.69 Å². The van der Waals surface area contributed by atoms with Crippen molar-refractivity contribution in [2.24, 2.45) is 0 Å². The Hall–Kier alpha value is -2.07. The molecule has 0 aliphatic carbocycles. The van der Waals surface area contributed by atoms with E-state index in [1.165, 1.54) is 12.1 Å². The van der Waals surface area contributed by atoms with Crippen LogP contribution in [0.3, 0.4) is 0 Å². The molecule has 2 N–H and O–H groups in total. The Morgan fingerprint density at radius 1 is 1.11 bits per heavy atom. The van der Waals surface area contributed by atoms with Crippen LogP contribution in [0.4, 0.5) is 10.3 Å². The Bertz CT molecular complexity index is 719. The maximum Gasteiger partial charge on any atom is 0.205 e. The van der Waals surface area contributed by atoms with E-state index in [1.54, 1.807) is 22.8 Å². The number of nitrogens with two attached hydrogens (primary N) is 1. The van der Waals surface area contributed by atoms with Gasteiger partial charge in [-0.05, 0) is 36.4 Å². The summed E-state index contributed by atoms with van der Waals surface area (Å²) in [6.45, 7) is 0. The van der Waals surface area contributed by atoms with Crippen LogP contribution in [0.5, 0.6) is 0 Å². The molecule has 2 aromatic carbocycles. The van der Waals surface area contributed by atoms with E-state index in [9.17, 15) is 4.39 Å². The van der Waals surface area contributed by atoms with Crippen molar-refractivity contribution in [2.75, 3.05) is 5.73 Å². The molecule has 0 fully saturated rings. The van der Waals surface area contributed by atoms with Crippen LogP contribution in [0.25, 0.3) is 16.7 Å². The van der Waals surface area contributed by atoms with Crippen molar-refractivity contribution in [1.82, 2.24) is 9.55 Å². The average Bonchev–Trinajstić information content (AvgIpc) is 2.69. The number of nitrogen functional groups attached to an aromatic ring is 1. The number of fused-ring (bicyclic) bond motifs is 1. The highest BCUT2D eigenvalue weighted by molar-refractivity contribution is 6.35. The van der Waals surface area contributed by atoms with Gasteiger partial charge in [-0.2, -0.15) is 0 Å². The van der Waals surface area contributed by atoms with Gasteiger partial charge < -0.3 is 5.73 Å². The van der Waals surface area contributed by atoms with E-state index in [1.807, 2.05) is 12.1 Å². The zero-order valence-corrected chi connectivity index (χ0v) is 10.0. The second-order valence-electron chi connectivity index (χ2n) is 3.89. The summed E-state index contributed by atoms with van der Waals surface area (Å²) in [5.74, 6) is 0.0319. The van der Waals surface area contributed by atoms with Crippen LogP contribution in [0.1, 0.15) is 0 Å². The molecular formula is C13H9ClFN3. The third-order valence-electron chi connectivity index (χ3n) is 2.75. The number of nitrogens with zero attached hydrogens (tertiary/aromatic N) is 2. The van der Waals surface area contributed by atoms with E-state index in [0.717, 1.165) is 11.2 Å². The molecule has 1 aromatic heterocycles. The third kappa shape index (κ3) is 1.62. The molecule has 90 valence electrons. The highest BCUT2D eigenvalue weighted by Gasteiger charge is 2.11. The Labute approximate surface area is 108 Å². The summed E-state index contributed by atoms with van der Waals surface area (Å²) in [6.07, 6.45) is 0. The first-order valence-corrected chi connectivity index (χ1v) is 5.73. The number of rotatable bonds is 1. The molecule has 0 amide bonds. The Balaban J connectivity index is 2.32. The van der Waals surface area contributed by atoms with E-state index >= 15 is 0 Å². The molecule has 0 unspecified atom stereocenters. The standard InChI is InChI=1S/C13H9ClFN3/c14-10-2-1-3-11-12(10)17-13(16)18(11)9-6-4-8(15)5-7-9/h1-7H,(H2,16,17). The zero-order valence-electron chi connectivity index (χ0n) is 9.27. The van der Waals surface area contributed by atoms with Crippen molar-refractivity contribution in [3.8, 4) is 5.69 Å². The number of aromatic nitrogens is 2. The van der Waals surface area contributed by atoms with Gasteiger partial charge in [0.15, 0.2) is 0 Å². The molecular weight excluding hydrogens is 253 g/mol. The van der Waals surface area contributed by atoms with Crippen LogP contribution in [-0.4, -0.2) is 9.55 Å². The second-order valence-corrected chi connectivity index (χ2v) is 4.30. The van der Waals surface area contributed by atoms with Gasteiger partial charge in [0.1, 0.15) is 11.3 Å². The fourth-order valence-electron chi connectivity index (χ4n) is 1.94. The molecule has 3 nitrogen and oxygen atoms in total. The maximum atomic E-state index is 12.9. The average molecular weight is 262 g/mol. The molecule has 0 saturated heterocycles. The van der Waals surface area contributed by atoms with E-state index in [2.05, 4.69) is 4.98 Å². The molecule has 18 heavy (non-hydrogen) atoms. The molecule has 3 rings (SSSR count). The normalized spacial score (nSPS) is 11.0. The van der Waals surface area contributed by atoms with Gasteiger partial charge in [-0.1, -0.05) is 17.7 Å². The Morgan fingerprint density at radius 2 is 1.83 bits per heavy atom. The van der Waals surface area contributed by atoms with Gasteiger partial charge in [-0.25, -0.2) is 9.37 Å². The highest BCUT2D eigenvalue weighted by atomic mass is 35.5. The van der Waals surface area contributed by atoms with Crippen molar-refractivity contribution >= 4 is 28.6 Å². The van der Waals surface area contributed by atoms with Crippen LogP contribution >= 0.6 is 11.6 Å². The molecule has 0 bridgehead atoms. The fraction of sp³-hybridized carbons (Fsp3) is 0. The van der Waals surface area contributed by atoms with Crippen molar-refractivity contribution < 1.29 is 4.39 Å². The van der Waals surface area contributed by atoms with Crippen LogP contribution in [-0.2, 0) is 0 Å². The molecule has 0 aliphatic rings. The lowest BCUT2D eigenvalue weighted by atomic mass is 10.2. The highest BCUT2D eigenvalue weighted by Crippen LogP contribution is 2.27. The summed E-state index contributed by atoms with van der Waals surface area (Å²) in [5, 5.41) is 0.542. The number of para-hydroxylation sites is 1. The van der Waals surface area contributed by atoms with Gasteiger partial charge in [0.05, 0.1) is 10.5 Å². The largest absolute Gasteiger partial charge is 0.369 e. The first-order chi connectivity index (χ1) is 8.66. The van der Waals surface area contributed by atoms with E-state index < -0.39 is 0 Å². The molecule has 0 saturated carbocycles. The number of anilines is 1. The van der Waals surface area contributed by atoms with Crippen LogP contribution in [0.15, 0.2) is 42.5 Å². The molecule has 0 radical (unpaired) electrons. The van der Waals surface area contributed by atoms with E-state index in [4.69, 9.17) is 17.3 Å². The van der Waals surface area contributed by atoms with Crippen LogP contribution in [0.2, 0.25) is 5.02 Å². The molecule has 5 heteroatoms. The smallest absolute Gasteiger partial charge is 0.205 e. The topological polar surface area (TPSA) is 43.8 Å². The van der Waals surface area contributed by atoms with Crippen molar-refractivity contribution in [2.45, 2.75) is 0 Å². The van der Waals surface area contributed by atoms with E-state index in [-0.39, 0.29) is 5.82 Å². The van der Waals surface area contributed by atoms with Crippen molar-refractivity contribution in [3.05, 3.63) is 53.3 Å². The lowest BCUT2D eigenvalue weighted by Gasteiger charge is -2.06. The second kappa shape index (κ2) is 3.99. The Kier molecular flexibility index (Phi) is 2.45. The van der Waals surface area contributed by atoms with Crippen LogP contribution < -0.4 is 5.73 Å². The minimum atomic E-state index is -0.292. The molecule has 0 aliphatic heterocycles. The minimum absolute atomic E-state index is 0.292. The lowest BCUT2D eigenvalue weighted by molar-refractivity contribution is 0.627.